The average Bonchev–Trinajstić information content (AvgIpc) is 2.95. The maximum atomic E-state index is 8.95. The van der Waals surface area contributed by atoms with Crippen LogP contribution in [0.2, 0.25) is 0 Å². The number of aromatic nitrogens is 3. The van der Waals surface area contributed by atoms with Crippen molar-refractivity contribution in [1.29, 1.82) is 0 Å². The van der Waals surface area contributed by atoms with Crippen molar-refractivity contribution in [3.8, 4) is 23.2 Å². The summed E-state index contributed by atoms with van der Waals surface area (Å²) in [4.78, 5) is 4.57. The number of pyridine rings is 1. The van der Waals surface area contributed by atoms with E-state index >= 15 is 0 Å². The van der Waals surface area contributed by atoms with Gasteiger partial charge in [0, 0.05) is 42.6 Å². The molecule has 3 aromatic rings. The number of nitrogens with zero attached hydrogens (tertiary/aromatic N) is 3. The van der Waals surface area contributed by atoms with Gasteiger partial charge >= 0.3 is 0 Å². The molecule has 1 aromatic carbocycles. The van der Waals surface area contributed by atoms with Crippen LogP contribution in [0, 0.1) is 18.8 Å². The largest absolute Gasteiger partial charge is 0.395 e. The van der Waals surface area contributed by atoms with Gasteiger partial charge in [0.15, 0.2) is 0 Å². The summed E-state index contributed by atoms with van der Waals surface area (Å²) in [5.74, 6) is 8.21. The highest BCUT2D eigenvalue weighted by Gasteiger charge is 2.31. The van der Waals surface area contributed by atoms with E-state index in [4.69, 9.17) is 10.2 Å². The average molecular weight is 419 g/mol. The zero-order valence-corrected chi connectivity index (χ0v) is 18.3. The first-order valence-corrected chi connectivity index (χ1v) is 11.2. The Balaban J connectivity index is 1.82. The third-order valence-corrected chi connectivity index (χ3v) is 6.69. The van der Waals surface area contributed by atoms with Crippen molar-refractivity contribution in [2.45, 2.75) is 31.6 Å². The fourth-order valence-corrected chi connectivity index (χ4v) is 5.16. The van der Waals surface area contributed by atoms with Gasteiger partial charge in [-0.15, -0.1) is 11.8 Å². The van der Waals surface area contributed by atoms with Gasteiger partial charge in [0.05, 0.1) is 17.6 Å². The van der Waals surface area contributed by atoms with Crippen LogP contribution in [0.4, 0.5) is 5.82 Å². The molecular weight excluding hydrogens is 392 g/mol. The number of hydrogen-bond acceptors (Lipinski definition) is 5. The van der Waals surface area contributed by atoms with Gasteiger partial charge in [-0.3, -0.25) is 9.67 Å². The summed E-state index contributed by atoms with van der Waals surface area (Å²) in [7, 11) is 1.99. The Morgan fingerprint density at radius 3 is 2.90 bits per heavy atom. The Bertz CT molecular complexity index is 1100. The molecule has 0 amide bonds. The van der Waals surface area contributed by atoms with E-state index in [0.717, 1.165) is 28.5 Å². The molecule has 0 aliphatic carbocycles. The van der Waals surface area contributed by atoms with Gasteiger partial charge in [-0.25, -0.2) is 0 Å². The van der Waals surface area contributed by atoms with E-state index in [1.807, 2.05) is 47.9 Å². The lowest BCUT2D eigenvalue weighted by molar-refractivity contribution is 0.305. The molecule has 154 valence electrons. The highest BCUT2D eigenvalue weighted by Crippen LogP contribution is 2.47. The van der Waals surface area contributed by atoms with Crippen LogP contribution in [0.1, 0.15) is 40.8 Å². The van der Waals surface area contributed by atoms with Crippen molar-refractivity contribution in [2.24, 2.45) is 7.05 Å². The summed E-state index contributed by atoms with van der Waals surface area (Å²) in [6, 6.07) is 12.7. The maximum absolute atomic E-state index is 8.95. The first kappa shape index (κ1) is 20.5. The molecule has 0 bridgehead atoms. The van der Waals surface area contributed by atoms with Crippen LogP contribution in [0.5, 0.6) is 0 Å². The Kier molecular flexibility index (Phi) is 6.12. The second-order valence-electron chi connectivity index (χ2n) is 7.55. The van der Waals surface area contributed by atoms with Gasteiger partial charge < -0.3 is 10.4 Å². The fraction of sp³-hybridized carbons (Fsp3) is 0.333. The Morgan fingerprint density at radius 2 is 2.17 bits per heavy atom. The van der Waals surface area contributed by atoms with Gasteiger partial charge in [0.2, 0.25) is 0 Å². The molecule has 2 atom stereocenters. The highest BCUT2D eigenvalue weighted by molar-refractivity contribution is 7.99. The van der Waals surface area contributed by atoms with Crippen LogP contribution < -0.4 is 5.32 Å². The van der Waals surface area contributed by atoms with Crippen molar-refractivity contribution in [1.82, 2.24) is 14.8 Å². The van der Waals surface area contributed by atoms with Gasteiger partial charge in [0.1, 0.15) is 11.5 Å². The second-order valence-corrected chi connectivity index (χ2v) is 8.69. The first-order chi connectivity index (χ1) is 14.6. The number of anilines is 1. The molecule has 0 saturated carbocycles. The predicted octanol–water partition coefficient (Wildman–Crippen LogP) is 4.16. The number of aliphatic hydroxyl groups is 1. The summed E-state index contributed by atoms with van der Waals surface area (Å²) in [5.41, 5.74) is 6.47. The Morgan fingerprint density at radius 1 is 1.30 bits per heavy atom. The predicted molar refractivity (Wildman–Crippen MR) is 124 cm³/mol. The third kappa shape index (κ3) is 4.09. The van der Waals surface area contributed by atoms with Crippen LogP contribution in [0.15, 0.2) is 42.6 Å². The maximum Gasteiger partial charge on any atom is 0.129 e. The molecule has 1 aliphatic heterocycles. The molecule has 2 unspecified atom stereocenters. The minimum atomic E-state index is 0.0913. The quantitative estimate of drug-likeness (QED) is 0.626. The van der Waals surface area contributed by atoms with Gasteiger partial charge in [0.25, 0.3) is 0 Å². The van der Waals surface area contributed by atoms with E-state index in [-0.39, 0.29) is 11.9 Å². The Hall–Kier alpha value is -2.75. The number of nitrogens with one attached hydrogen (secondary N) is 1. The summed E-state index contributed by atoms with van der Waals surface area (Å²) in [6.45, 7) is 4.44. The zero-order valence-electron chi connectivity index (χ0n) is 17.5. The molecule has 0 spiro atoms. The molecule has 6 heteroatoms. The number of hydrogen-bond donors (Lipinski definition) is 2. The minimum absolute atomic E-state index is 0.0913. The number of thioether (sulfide) groups is 1. The zero-order chi connectivity index (χ0) is 21.1. The minimum Gasteiger partial charge on any atom is -0.395 e. The molecule has 0 saturated heterocycles. The van der Waals surface area contributed by atoms with E-state index < -0.39 is 0 Å². The molecule has 2 N–H and O–H groups in total. The second kappa shape index (κ2) is 8.95. The van der Waals surface area contributed by atoms with Gasteiger partial charge in [-0.1, -0.05) is 24.0 Å². The highest BCUT2D eigenvalue weighted by atomic mass is 32.2. The van der Waals surface area contributed by atoms with Crippen molar-refractivity contribution in [2.75, 3.05) is 17.7 Å². The lowest BCUT2D eigenvalue weighted by atomic mass is 9.96. The van der Waals surface area contributed by atoms with Gasteiger partial charge in [-0.2, -0.15) is 5.10 Å². The van der Waals surface area contributed by atoms with E-state index in [1.54, 1.807) is 0 Å². The van der Waals surface area contributed by atoms with E-state index in [0.29, 0.717) is 12.5 Å². The number of rotatable bonds is 3. The van der Waals surface area contributed by atoms with Crippen molar-refractivity contribution in [3.63, 3.8) is 0 Å². The summed E-state index contributed by atoms with van der Waals surface area (Å²) in [6.07, 6.45) is 2.31. The molecule has 30 heavy (non-hydrogen) atoms. The molecule has 2 aromatic heterocycles. The monoisotopic (exact) mass is 418 g/mol. The third-order valence-electron chi connectivity index (χ3n) is 5.17. The smallest absolute Gasteiger partial charge is 0.129 e. The van der Waals surface area contributed by atoms with Crippen LogP contribution >= 0.6 is 11.8 Å². The molecule has 5 nitrogen and oxygen atoms in total. The number of aryl methyl sites for hydroxylation is 2. The first-order valence-electron chi connectivity index (χ1n) is 10.1. The lowest BCUT2D eigenvalue weighted by Gasteiger charge is -2.19. The number of fused-ring (bicyclic) bond motifs is 1. The summed E-state index contributed by atoms with van der Waals surface area (Å²) < 4.78 is 1.94. The molecule has 4 rings (SSSR count). The SMILES string of the molecule is Cc1cc(C#CCCO)ccc1C1SCC(C)Nc2c1c(-c1ccccn1)nn2C. The van der Waals surface area contributed by atoms with Gasteiger partial charge in [-0.05, 0) is 49.2 Å². The topological polar surface area (TPSA) is 63.0 Å². The molecule has 0 radical (unpaired) electrons. The van der Waals surface area contributed by atoms with E-state index in [2.05, 4.69) is 54.2 Å². The Labute approximate surface area is 181 Å². The van der Waals surface area contributed by atoms with Crippen molar-refractivity contribution < 1.29 is 5.11 Å². The van der Waals surface area contributed by atoms with E-state index in [9.17, 15) is 0 Å². The number of benzene rings is 1. The molecule has 1 aliphatic rings. The standard InChI is InChI=1S/C24H26N4OS/c1-16-14-18(8-5-7-13-29)10-11-19(16)23-21-22(20-9-4-6-12-25-20)27-28(3)24(21)26-17(2)15-30-23/h4,6,9-12,14,17,23,26,29H,7,13,15H2,1-3H3. The molecular formula is C24H26N4OS. The lowest BCUT2D eigenvalue weighted by Crippen LogP contribution is -2.18. The van der Waals surface area contributed by atoms with Crippen molar-refractivity contribution in [3.05, 3.63) is 64.8 Å². The van der Waals surface area contributed by atoms with E-state index in [1.165, 1.54) is 16.7 Å². The van der Waals surface area contributed by atoms with Crippen LogP contribution in [0.3, 0.4) is 0 Å². The van der Waals surface area contributed by atoms with Crippen LogP contribution in [-0.2, 0) is 7.05 Å². The fourth-order valence-electron chi connectivity index (χ4n) is 3.76. The van der Waals surface area contributed by atoms with Crippen LogP contribution in [0.25, 0.3) is 11.4 Å². The molecule has 3 heterocycles. The van der Waals surface area contributed by atoms with Crippen molar-refractivity contribution >= 4 is 17.6 Å². The molecule has 0 fully saturated rings. The summed E-state index contributed by atoms with van der Waals surface area (Å²) >= 11 is 1.94. The summed E-state index contributed by atoms with van der Waals surface area (Å²) in [5, 5.41) is 17.6. The normalized spacial score (nSPS) is 18.0. The van der Waals surface area contributed by atoms with Crippen LogP contribution in [-0.4, -0.2) is 38.3 Å². The number of aliphatic hydroxyl groups excluding tert-OH is 1.